The molecule has 0 saturated carbocycles. The van der Waals surface area contributed by atoms with Crippen molar-refractivity contribution in [1.29, 1.82) is 0 Å². The summed E-state index contributed by atoms with van der Waals surface area (Å²) in [5, 5.41) is 7.62. The molecule has 112 valence electrons. The average molecular weight is 280 g/mol. The molecule has 2 rings (SSSR count). The van der Waals surface area contributed by atoms with Gasteiger partial charge in [-0.1, -0.05) is 0 Å². The topological polar surface area (TPSA) is 59.4 Å². The summed E-state index contributed by atoms with van der Waals surface area (Å²) in [5.41, 5.74) is 0.572. The zero-order valence-corrected chi connectivity index (χ0v) is 12.7. The van der Waals surface area contributed by atoms with Gasteiger partial charge in [0, 0.05) is 32.4 Å². The van der Waals surface area contributed by atoms with Gasteiger partial charge in [0.15, 0.2) is 0 Å². The first kappa shape index (κ1) is 14.8. The van der Waals surface area contributed by atoms with Crippen LogP contribution in [0.25, 0.3) is 0 Å². The van der Waals surface area contributed by atoms with Crippen LogP contribution in [0.1, 0.15) is 39.4 Å². The first-order valence-corrected chi connectivity index (χ1v) is 7.14. The number of aromatic nitrogens is 2. The summed E-state index contributed by atoms with van der Waals surface area (Å²) in [7, 11) is 0. The molecule has 0 bridgehead atoms. The largest absolute Gasteiger partial charge is 0.444 e. The maximum Gasteiger partial charge on any atom is 0.410 e. The summed E-state index contributed by atoms with van der Waals surface area (Å²) < 4.78 is 7.43. The summed E-state index contributed by atoms with van der Waals surface area (Å²) in [6.45, 7) is 10.7. The molecule has 1 aliphatic heterocycles. The Kier molecular flexibility index (Phi) is 4.32. The van der Waals surface area contributed by atoms with Crippen molar-refractivity contribution in [2.75, 3.05) is 19.6 Å². The third-order valence-electron chi connectivity index (χ3n) is 3.26. The zero-order valence-electron chi connectivity index (χ0n) is 12.7. The van der Waals surface area contributed by atoms with Crippen LogP contribution in [0.5, 0.6) is 0 Å². The molecule has 1 saturated heterocycles. The average Bonchev–Trinajstić information content (AvgIpc) is 2.84. The lowest BCUT2D eigenvalue weighted by molar-refractivity contribution is 0.0108. The number of hydrogen-bond acceptors (Lipinski definition) is 4. The standard InChI is InChI=1S/C14H24N4O2/c1-5-18-11(6-7-16-18)12-10-15-8-9-17(12)13(19)20-14(2,3)4/h6-7,12,15H,5,8-10H2,1-4H3. The Hall–Kier alpha value is -1.56. The third-order valence-corrected chi connectivity index (χ3v) is 3.26. The van der Waals surface area contributed by atoms with E-state index in [0.29, 0.717) is 6.54 Å². The highest BCUT2D eigenvalue weighted by Crippen LogP contribution is 2.24. The fourth-order valence-electron chi connectivity index (χ4n) is 2.40. The molecular weight excluding hydrogens is 256 g/mol. The second-order valence-corrected chi connectivity index (χ2v) is 5.97. The molecule has 1 aromatic rings. The number of ether oxygens (including phenoxy) is 1. The molecule has 0 radical (unpaired) electrons. The van der Waals surface area contributed by atoms with E-state index in [2.05, 4.69) is 10.4 Å². The molecule has 6 heteroatoms. The van der Waals surface area contributed by atoms with Gasteiger partial charge in [-0.3, -0.25) is 9.58 Å². The molecule has 1 aromatic heterocycles. The fraction of sp³-hybridized carbons (Fsp3) is 0.714. The van der Waals surface area contributed by atoms with Crippen LogP contribution in [0, 0.1) is 0 Å². The summed E-state index contributed by atoms with van der Waals surface area (Å²) >= 11 is 0. The highest BCUT2D eigenvalue weighted by atomic mass is 16.6. The number of carbonyl (C=O) groups is 1. The van der Waals surface area contributed by atoms with E-state index in [1.54, 1.807) is 11.1 Å². The van der Waals surface area contributed by atoms with E-state index < -0.39 is 5.60 Å². The van der Waals surface area contributed by atoms with E-state index in [0.717, 1.165) is 25.3 Å². The Morgan fingerprint density at radius 1 is 1.55 bits per heavy atom. The number of nitrogens with one attached hydrogen (secondary N) is 1. The third kappa shape index (κ3) is 3.30. The molecule has 2 heterocycles. The molecule has 0 aromatic carbocycles. The van der Waals surface area contributed by atoms with Crippen LogP contribution in [0.2, 0.25) is 0 Å². The number of piperazine rings is 1. The molecule has 1 aliphatic rings. The number of amides is 1. The molecule has 1 atom stereocenters. The first-order valence-electron chi connectivity index (χ1n) is 7.14. The number of rotatable bonds is 2. The maximum absolute atomic E-state index is 12.4. The van der Waals surface area contributed by atoms with Gasteiger partial charge in [-0.2, -0.15) is 5.10 Å². The number of aryl methyl sites for hydroxylation is 1. The lowest BCUT2D eigenvalue weighted by atomic mass is 10.1. The van der Waals surface area contributed by atoms with Gasteiger partial charge in [0.25, 0.3) is 0 Å². The summed E-state index contributed by atoms with van der Waals surface area (Å²) in [4.78, 5) is 14.2. The lowest BCUT2D eigenvalue weighted by Gasteiger charge is -2.37. The molecule has 1 N–H and O–H groups in total. The molecule has 1 fully saturated rings. The van der Waals surface area contributed by atoms with E-state index in [1.807, 2.05) is 38.4 Å². The minimum atomic E-state index is -0.475. The van der Waals surface area contributed by atoms with Gasteiger partial charge in [-0.15, -0.1) is 0 Å². The Morgan fingerprint density at radius 3 is 2.95 bits per heavy atom. The van der Waals surface area contributed by atoms with Crippen molar-refractivity contribution in [3.63, 3.8) is 0 Å². The second kappa shape index (κ2) is 5.83. The normalized spacial score (nSPS) is 20.0. The first-order chi connectivity index (χ1) is 9.42. The van der Waals surface area contributed by atoms with Gasteiger partial charge in [-0.05, 0) is 33.8 Å². The Morgan fingerprint density at radius 2 is 2.30 bits per heavy atom. The van der Waals surface area contributed by atoms with Crippen molar-refractivity contribution in [2.24, 2.45) is 0 Å². The molecule has 0 spiro atoms. The lowest BCUT2D eigenvalue weighted by Crippen LogP contribution is -2.50. The minimum absolute atomic E-state index is 0.0268. The fourth-order valence-corrected chi connectivity index (χ4v) is 2.40. The van der Waals surface area contributed by atoms with Crippen LogP contribution in [-0.2, 0) is 11.3 Å². The molecule has 1 amide bonds. The van der Waals surface area contributed by atoms with Crippen LogP contribution in [0.4, 0.5) is 4.79 Å². The molecule has 20 heavy (non-hydrogen) atoms. The van der Waals surface area contributed by atoms with Crippen LogP contribution in [-0.4, -0.2) is 46.0 Å². The minimum Gasteiger partial charge on any atom is -0.444 e. The van der Waals surface area contributed by atoms with Gasteiger partial charge >= 0.3 is 6.09 Å². The number of carbonyl (C=O) groups excluding carboxylic acids is 1. The Labute approximate surface area is 120 Å². The summed E-state index contributed by atoms with van der Waals surface area (Å²) in [6.07, 6.45) is 1.52. The van der Waals surface area contributed by atoms with Crippen molar-refractivity contribution < 1.29 is 9.53 Å². The van der Waals surface area contributed by atoms with Crippen molar-refractivity contribution >= 4 is 6.09 Å². The van der Waals surface area contributed by atoms with Crippen molar-refractivity contribution in [3.8, 4) is 0 Å². The van der Waals surface area contributed by atoms with Gasteiger partial charge < -0.3 is 10.1 Å². The van der Waals surface area contributed by atoms with Crippen molar-refractivity contribution in [3.05, 3.63) is 18.0 Å². The van der Waals surface area contributed by atoms with E-state index >= 15 is 0 Å². The Bertz CT molecular complexity index is 464. The molecule has 1 unspecified atom stereocenters. The van der Waals surface area contributed by atoms with E-state index in [4.69, 9.17) is 4.74 Å². The number of nitrogens with zero attached hydrogens (tertiary/aromatic N) is 3. The number of hydrogen-bond donors (Lipinski definition) is 1. The van der Waals surface area contributed by atoms with Crippen LogP contribution in [0.3, 0.4) is 0 Å². The highest BCUT2D eigenvalue weighted by molar-refractivity contribution is 5.69. The van der Waals surface area contributed by atoms with Crippen LogP contribution in [0.15, 0.2) is 12.3 Å². The molecule has 6 nitrogen and oxygen atoms in total. The summed E-state index contributed by atoms with van der Waals surface area (Å²) in [5.74, 6) is 0. The van der Waals surface area contributed by atoms with Crippen LogP contribution >= 0.6 is 0 Å². The smallest absolute Gasteiger partial charge is 0.410 e. The van der Waals surface area contributed by atoms with E-state index in [-0.39, 0.29) is 12.1 Å². The quantitative estimate of drug-likeness (QED) is 0.897. The Balaban J connectivity index is 2.19. The van der Waals surface area contributed by atoms with Gasteiger partial charge in [0.1, 0.15) is 5.60 Å². The summed E-state index contributed by atoms with van der Waals surface area (Å²) in [6, 6.07) is 1.94. The highest BCUT2D eigenvalue weighted by Gasteiger charge is 2.32. The van der Waals surface area contributed by atoms with Gasteiger partial charge in [0.2, 0.25) is 0 Å². The predicted molar refractivity (Wildman–Crippen MR) is 76.5 cm³/mol. The monoisotopic (exact) mass is 280 g/mol. The predicted octanol–water partition coefficient (Wildman–Crippen LogP) is 1.78. The SMILES string of the molecule is CCn1nccc1C1CNCCN1C(=O)OC(C)(C)C. The van der Waals surface area contributed by atoms with E-state index in [9.17, 15) is 4.79 Å². The maximum atomic E-state index is 12.4. The van der Waals surface area contributed by atoms with Crippen LogP contribution < -0.4 is 5.32 Å². The molecular formula is C14H24N4O2. The zero-order chi connectivity index (χ0) is 14.8. The van der Waals surface area contributed by atoms with Crippen molar-refractivity contribution in [1.82, 2.24) is 20.0 Å². The molecule has 0 aliphatic carbocycles. The van der Waals surface area contributed by atoms with Gasteiger partial charge in [-0.25, -0.2) is 4.79 Å². The second-order valence-electron chi connectivity index (χ2n) is 5.97. The van der Waals surface area contributed by atoms with E-state index in [1.165, 1.54) is 0 Å². The van der Waals surface area contributed by atoms with Gasteiger partial charge in [0.05, 0.1) is 11.7 Å². The van der Waals surface area contributed by atoms with Crippen molar-refractivity contribution in [2.45, 2.75) is 45.9 Å².